The van der Waals surface area contributed by atoms with Gasteiger partial charge in [-0.2, -0.15) is 0 Å². The molecule has 1 unspecified atom stereocenters. The SMILES string of the molecule is Cc1cccc(NS(=O)(=O)c2cc(C(=O)NCC(C)c3ccccc3)ccc2C)c1. The predicted molar refractivity (Wildman–Crippen MR) is 120 cm³/mol. The summed E-state index contributed by atoms with van der Waals surface area (Å²) in [6.45, 7) is 6.10. The molecule has 156 valence electrons. The lowest BCUT2D eigenvalue weighted by Gasteiger charge is -2.15. The normalized spacial score (nSPS) is 12.2. The van der Waals surface area contributed by atoms with Crippen LogP contribution >= 0.6 is 0 Å². The number of benzene rings is 3. The number of carbonyl (C=O) groups is 1. The van der Waals surface area contributed by atoms with Crippen molar-refractivity contribution in [2.45, 2.75) is 31.6 Å². The van der Waals surface area contributed by atoms with Crippen LogP contribution in [0.25, 0.3) is 0 Å². The van der Waals surface area contributed by atoms with Gasteiger partial charge in [-0.05, 0) is 60.7 Å². The van der Waals surface area contributed by atoms with E-state index in [1.54, 1.807) is 37.3 Å². The van der Waals surface area contributed by atoms with Crippen LogP contribution in [0.1, 0.15) is 39.9 Å². The highest BCUT2D eigenvalue weighted by atomic mass is 32.2. The van der Waals surface area contributed by atoms with E-state index < -0.39 is 10.0 Å². The van der Waals surface area contributed by atoms with Gasteiger partial charge in [0, 0.05) is 17.8 Å². The van der Waals surface area contributed by atoms with E-state index in [0.717, 1.165) is 11.1 Å². The van der Waals surface area contributed by atoms with Crippen molar-refractivity contribution >= 4 is 21.6 Å². The Balaban J connectivity index is 1.76. The summed E-state index contributed by atoms with van der Waals surface area (Å²) < 4.78 is 28.4. The smallest absolute Gasteiger partial charge is 0.262 e. The molecule has 0 aromatic heterocycles. The zero-order valence-electron chi connectivity index (χ0n) is 17.3. The zero-order chi connectivity index (χ0) is 21.7. The Hall–Kier alpha value is -3.12. The van der Waals surface area contributed by atoms with Crippen LogP contribution < -0.4 is 10.0 Å². The fraction of sp³-hybridized carbons (Fsp3) is 0.208. The summed E-state index contributed by atoms with van der Waals surface area (Å²) >= 11 is 0. The first-order chi connectivity index (χ1) is 14.3. The number of rotatable bonds is 7. The molecule has 1 amide bonds. The fourth-order valence-electron chi connectivity index (χ4n) is 3.20. The molecule has 0 fully saturated rings. The molecule has 3 rings (SSSR count). The van der Waals surface area contributed by atoms with Gasteiger partial charge in [-0.1, -0.05) is 55.5 Å². The maximum absolute atomic E-state index is 12.9. The van der Waals surface area contributed by atoms with Crippen molar-refractivity contribution in [2.24, 2.45) is 0 Å². The van der Waals surface area contributed by atoms with E-state index in [9.17, 15) is 13.2 Å². The van der Waals surface area contributed by atoms with E-state index in [1.165, 1.54) is 6.07 Å². The molecular weight excluding hydrogens is 396 g/mol. The lowest BCUT2D eigenvalue weighted by atomic mass is 10.0. The summed E-state index contributed by atoms with van der Waals surface area (Å²) in [7, 11) is -3.82. The maximum atomic E-state index is 12.9. The van der Waals surface area contributed by atoms with Gasteiger partial charge < -0.3 is 5.32 Å². The Morgan fingerprint density at radius 2 is 1.67 bits per heavy atom. The van der Waals surface area contributed by atoms with Gasteiger partial charge >= 0.3 is 0 Å². The molecule has 0 aliphatic heterocycles. The molecule has 0 aliphatic rings. The van der Waals surface area contributed by atoms with Crippen molar-refractivity contribution in [1.29, 1.82) is 0 Å². The van der Waals surface area contributed by atoms with Crippen molar-refractivity contribution in [3.8, 4) is 0 Å². The molecule has 0 heterocycles. The van der Waals surface area contributed by atoms with Crippen molar-refractivity contribution < 1.29 is 13.2 Å². The zero-order valence-corrected chi connectivity index (χ0v) is 18.2. The summed E-state index contributed by atoms with van der Waals surface area (Å²) in [5.74, 6) is -0.156. The molecule has 1 atom stereocenters. The lowest BCUT2D eigenvalue weighted by Crippen LogP contribution is -2.28. The molecule has 3 aromatic carbocycles. The molecule has 0 spiro atoms. The van der Waals surface area contributed by atoms with Crippen LogP contribution in [0.5, 0.6) is 0 Å². The average Bonchev–Trinajstić information content (AvgIpc) is 2.72. The number of sulfonamides is 1. The van der Waals surface area contributed by atoms with Crippen LogP contribution in [0.4, 0.5) is 5.69 Å². The minimum Gasteiger partial charge on any atom is -0.351 e. The highest BCUT2D eigenvalue weighted by Crippen LogP contribution is 2.22. The molecule has 0 saturated heterocycles. The Kier molecular flexibility index (Phi) is 6.57. The molecule has 0 aliphatic carbocycles. The third-order valence-electron chi connectivity index (χ3n) is 4.95. The molecule has 0 radical (unpaired) electrons. The summed E-state index contributed by atoms with van der Waals surface area (Å²) in [6, 6.07) is 21.8. The molecule has 6 heteroatoms. The molecule has 30 heavy (non-hydrogen) atoms. The van der Waals surface area contributed by atoms with Crippen LogP contribution in [0, 0.1) is 13.8 Å². The molecular formula is C24H26N2O3S. The Bertz CT molecular complexity index is 1140. The van der Waals surface area contributed by atoms with Gasteiger partial charge in [-0.25, -0.2) is 8.42 Å². The largest absolute Gasteiger partial charge is 0.351 e. The standard InChI is InChI=1S/C24H26N2O3S/c1-17-8-7-11-22(14-17)26-30(28,29)23-15-21(13-12-18(23)2)24(27)25-16-19(3)20-9-5-4-6-10-20/h4-15,19,26H,16H2,1-3H3,(H,25,27). The molecule has 2 N–H and O–H groups in total. The first-order valence-electron chi connectivity index (χ1n) is 9.79. The monoisotopic (exact) mass is 422 g/mol. The highest BCUT2D eigenvalue weighted by Gasteiger charge is 2.20. The first-order valence-corrected chi connectivity index (χ1v) is 11.3. The van der Waals surface area contributed by atoms with Gasteiger partial charge in [0.25, 0.3) is 15.9 Å². The molecule has 0 saturated carbocycles. The fourth-order valence-corrected chi connectivity index (χ4v) is 4.52. The van der Waals surface area contributed by atoms with Crippen molar-refractivity contribution in [3.63, 3.8) is 0 Å². The van der Waals surface area contributed by atoms with Gasteiger partial charge in [0.05, 0.1) is 4.90 Å². The summed E-state index contributed by atoms with van der Waals surface area (Å²) in [5.41, 5.74) is 3.45. The van der Waals surface area contributed by atoms with Crippen LogP contribution in [0.3, 0.4) is 0 Å². The number of hydrogen-bond donors (Lipinski definition) is 2. The van der Waals surface area contributed by atoms with Gasteiger partial charge in [-0.3, -0.25) is 9.52 Å². The average molecular weight is 423 g/mol. The number of nitrogens with one attached hydrogen (secondary N) is 2. The quantitative estimate of drug-likeness (QED) is 0.583. The first kappa shape index (κ1) is 21.6. The summed E-state index contributed by atoms with van der Waals surface area (Å²) in [5, 5.41) is 2.90. The van der Waals surface area contributed by atoms with Crippen LogP contribution in [-0.4, -0.2) is 20.9 Å². The highest BCUT2D eigenvalue weighted by molar-refractivity contribution is 7.92. The predicted octanol–water partition coefficient (Wildman–Crippen LogP) is 4.64. The number of carbonyl (C=O) groups excluding carboxylic acids is 1. The van der Waals surface area contributed by atoms with Crippen molar-refractivity contribution in [1.82, 2.24) is 5.32 Å². The van der Waals surface area contributed by atoms with Gasteiger partial charge in [0.15, 0.2) is 0 Å². The van der Waals surface area contributed by atoms with E-state index in [4.69, 9.17) is 0 Å². The van der Waals surface area contributed by atoms with E-state index in [1.807, 2.05) is 50.2 Å². The molecule has 5 nitrogen and oxygen atoms in total. The second-order valence-electron chi connectivity index (χ2n) is 7.48. The maximum Gasteiger partial charge on any atom is 0.262 e. The van der Waals surface area contributed by atoms with Gasteiger partial charge in [0.2, 0.25) is 0 Å². The number of anilines is 1. The number of hydrogen-bond acceptors (Lipinski definition) is 3. The van der Waals surface area contributed by atoms with Crippen molar-refractivity contribution in [2.75, 3.05) is 11.3 Å². The minimum atomic E-state index is -3.82. The van der Waals surface area contributed by atoms with E-state index in [-0.39, 0.29) is 16.7 Å². The van der Waals surface area contributed by atoms with Crippen LogP contribution in [0.15, 0.2) is 77.7 Å². The minimum absolute atomic E-state index is 0.0905. The van der Waals surface area contributed by atoms with Crippen molar-refractivity contribution in [3.05, 3.63) is 95.1 Å². The Morgan fingerprint density at radius 1 is 0.933 bits per heavy atom. The van der Waals surface area contributed by atoms with E-state index in [2.05, 4.69) is 10.0 Å². The second-order valence-corrected chi connectivity index (χ2v) is 9.13. The topological polar surface area (TPSA) is 75.3 Å². The number of aryl methyl sites for hydroxylation is 2. The van der Waals surface area contributed by atoms with Gasteiger partial charge in [0.1, 0.15) is 0 Å². The van der Waals surface area contributed by atoms with Crippen LogP contribution in [-0.2, 0) is 10.0 Å². The molecule has 0 bridgehead atoms. The third kappa shape index (κ3) is 5.27. The second kappa shape index (κ2) is 9.13. The number of amides is 1. The van der Waals surface area contributed by atoms with Gasteiger partial charge in [-0.15, -0.1) is 0 Å². The lowest BCUT2D eigenvalue weighted by molar-refractivity contribution is 0.0951. The van der Waals surface area contributed by atoms with E-state index in [0.29, 0.717) is 23.4 Å². The summed E-state index contributed by atoms with van der Waals surface area (Å²) in [6.07, 6.45) is 0. The van der Waals surface area contributed by atoms with E-state index >= 15 is 0 Å². The van der Waals surface area contributed by atoms with Crippen LogP contribution in [0.2, 0.25) is 0 Å². The summed E-state index contributed by atoms with van der Waals surface area (Å²) in [4.78, 5) is 12.7. The third-order valence-corrected chi connectivity index (χ3v) is 6.47. The Labute approximate surface area is 178 Å². The molecule has 3 aromatic rings. The Morgan fingerprint density at radius 3 is 2.37 bits per heavy atom.